The molecule has 1 atom stereocenters. The van der Waals surface area contributed by atoms with Gasteiger partial charge >= 0.3 is 0 Å². The van der Waals surface area contributed by atoms with Crippen molar-refractivity contribution >= 4 is 21.6 Å². The molecule has 0 bridgehead atoms. The van der Waals surface area contributed by atoms with Crippen LogP contribution in [0.3, 0.4) is 0 Å². The van der Waals surface area contributed by atoms with Gasteiger partial charge in [0, 0.05) is 0 Å². The monoisotopic (exact) mass is 402 g/mol. The van der Waals surface area contributed by atoms with Crippen molar-refractivity contribution in [2.75, 3.05) is 17.1 Å². The molecule has 152 valence electrons. The lowest BCUT2D eigenvalue weighted by atomic mass is 9.97. The Labute approximate surface area is 168 Å². The Bertz CT molecular complexity index is 968. The fourth-order valence-corrected chi connectivity index (χ4v) is 4.12. The van der Waals surface area contributed by atoms with E-state index in [0.717, 1.165) is 39.2 Å². The minimum Gasteiger partial charge on any atom is -0.348 e. The molecule has 0 radical (unpaired) electrons. The van der Waals surface area contributed by atoms with E-state index in [4.69, 9.17) is 0 Å². The number of sulfonamides is 1. The highest BCUT2D eigenvalue weighted by atomic mass is 32.2. The van der Waals surface area contributed by atoms with Crippen LogP contribution in [-0.2, 0) is 14.8 Å². The van der Waals surface area contributed by atoms with Crippen molar-refractivity contribution in [3.05, 3.63) is 64.2 Å². The van der Waals surface area contributed by atoms with Crippen molar-refractivity contribution in [1.82, 2.24) is 5.32 Å². The molecule has 0 aromatic heterocycles. The smallest absolute Gasteiger partial charge is 0.241 e. The predicted molar refractivity (Wildman–Crippen MR) is 115 cm³/mol. The zero-order chi connectivity index (χ0) is 21.1. The van der Waals surface area contributed by atoms with E-state index in [1.54, 1.807) is 12.1 Å². The number of carbonyl (C=O) groups excluding carboxylic acids is 1. The normalized spacial score (nSPS) is 12.5. The topological polar surface area (TPSA) is 66.5 Å². The first kappa shape index (κ1) is 22.0. The number of aryl methyl sites for hydroxylation is 4. The predicted octanol–water partition coefficient (Wildman–Crippen LogP) is 3.95. The summed E-state index contributed by atoms with van der Waals surface area (Å²) in [6.07, 6.45) is 1.84. The van der Waals surface area contributed by atoms with Crippen molar-refractivity contribution in [3.8, 4) is 0 Å². The molecule has 5 nitrogen and oxygen atoms in total. The number of nitrogens with zero attached hydrogens (tertiary/aromatic N) is 1. The molecular formula is C22H30N2O3S. The molecule has 0 saturated heterocycles. The molecule has 2 aromatic carbocycles. The minimum absolute atomic E-state index is 0.158. The molecule has 2 rings (SSSR count). The van der Waals surface area contributed by atoms with Crippen LogP contribution in [-0.4, -0.2) is 27.1 Å². The van der Waals surface area contributed by atoms with Gasteiger partial charge in [-0.2, -0.15) is 0 Å². The minimum atomic E-state index is -3.59. The first-order valence-electron chi connectivity index (χ1n) is 9.44. The summed E-state index contributed by atoms with van der Waals surface area (Å²) in [7, 11) is -3.59. The number of carbonyl (C=O) groups is 1. The largest absolute Gasteiger partial charge is 0.348 e. The van der Waals surface area contributed by atoms with Gasteiger partial charge in [-0.05, 0) is 68.5 Å². The molecule has 1 N–H and O–H groups in total. The lowest BCUT2D eigenvalue weighted by molar-refractivity contribution is -0.120. The molecule has 0 aliphatic rings. The highest BCUT2D eigenvalue weighted by Crippen LogP contribution is 2.23. The molecular weight excluding hydrogens is 372 g/mol. The Hall–Kier alpha value is -2.34. The van der Waals surface area contributed by atoms with Crippen LogP contribution in [0, 0.1) is 27.7 Å². The number of benzene rings is 2. The molecule has 0 saturated carbocycles. The van der Waals surface area contributed by atoms with Crippen LogP contribution in [0.1, 0.15) is 47.2 Å². The fraction of sp³-hybridized carbons (Fsp3) is 0.409. The maximum atomic E-state index is 12.7. The van der Waals surface area contributed by atoms with Crippen molar-refractivity contribution < 1.29 is 13.2 Å². The van der Waals surface area contributed by atoms with Gasteiger partial charge in [-0.1, -0.05) is 36.8 Å². The first-order valence-corrected chi connectivity index (χ1v) is 11.3. The molecule has 0 fully saturated rings. The summed E-state index contributed by atoms with van der Waals surface area (Å²) in [5.41, 5.74) is 5.89. The van der Waals surface area contributed by atoms with Gasteiger partial charge in [0.15, 0.2) is 0 Å². The van der Waals surface area contributed by atoms with Gasteiger partial charge < -0.3 is 5.32 Å². The van der Waals surface area contributed by atoms with Crippen molar-refractivity contribution in [2.45, 2.75) is 47.1 Å². The Balaban J connectivity index is 2.24. The van der Waals surface area contributed by atoms with Crippen LogP contribution in [0.4, 0.5) is 5.69 Å². The quantitative estimate of drug-likeness (QED) is 0.762. The Morgan fingerprint density at radius 1 is 1.00 bits per heavy atom. The summed E-state index contributed by atoms with van der Waals surface area (Å²) in [6, 6.07) is 11.4. The molecule has 0 aliphatic carbocycles. The second-order valence-electron chi connectivity index (χ2n) is 7.43. The fourth-order valence-electron chi connectivity index (χ4n) is 3.27. The summed E-state index contributed by atoms with van der Waals surface area (Å²) in [5.74, 6) is -0.324. The van der Waals surface area contributed by atoms with Crippen molar-refractivity contribution in [2.24, 2.45) is 0 Å². The Morgan fingerprint density at radius 3 is 2.21 bits per heavy atom. The van der Waals surface area contributed by atoms with Gasteiger partial charge in [-0.3, -0.25) is 9.10 Å². The van der Waals surface area contributed by atoms with Gasteiger partial charge in [-0.15, -0.1) is 0 Å². The van der Waals surface area contributed by atoms with Gasteiger partial charge in [0.05, 0.1) is 18.0 Å². The average Bonchev–Trinajstić information content (AvgIpc) is 2.59. The van der Waals surface area contributed by atoms with Crippen LogP contribution >= 0.6 is 0 Å². The molecule has 0 spiro atoms. The van der Waals surface area contributed by atoms with Gasteiger partial charge in [0.25, 0.3) is 0 Å². The van der Waals surface area contributed by atoms with Gasteiger partial charge in [-0.25, -0.2) is 8.42 Å². The zero-order valence-electron chi connectivity index (χ0n) is 17.5. The van der Waals surface area contributed by atoms with Crippen LogP contribution in [0.2, 0.25) is 0 Å². The second-order valence-corrected chi connectivity index (χ2v) is 9.33. The van der Waals surface area contributed by atoms with E-state index in [1.807, 2.05) is 52.8 Å². The molecule has 1 unspecified atom stereocenters. The van der Waals surface area contributed by atoms with Gasteiger partial charge in [0.1, 0.15) is 6.54 Å². The van der Waals surface area contributed by atoms with E-state index >= 15 is 0 Å². The van der Waals surface area contributed by atoms with E-state index in [0.29, 0.717) is 5.69 Å². The van der Waals surface area contributed by atoms with E-state index in [2.05, 4.69) is 11.4 Å². The number of nitrogens with one attached hydrogen (secondary N) is 1. The molecule has 6 heteroatoms. The highest BCUT2D eigenvalue weighted by molar-refractivity contribution is 7.92. The number of anilines is 1. The third-order valence-electron chi connectivity index (χ3n) is 5.01. The van der Waals surface area contributed by atoms with Crippen molar-refractivity contribution in [1.29, 1.82) is 0 Å². The van der Waals surface area contributed by atoms with E-state index in [1.165, 1.54) is 5.56 Å². The lowest BCUT2D eigenvalue weighted by Crippen LogP contribution is -2.41. The lowest BCUT2D eigenvalue weighted by Gasteiger charge is -2.25. The third kappa shape index (κ3) is 5.35. The number of rotatable bonds is 7. The molecule has 28 heavy (non-hydrogen) atoms. The van der Waals surface area contributed by atoms with Crippen LogP contribution in [0.25, 0.3) is 0 Å². The molecule has 0 heterocycles. The molecule has 2 aromatic rings. The second kappa shape index (κ2) is 8.78. The maximum absolute atomic E-state index is 12.7. The molecule has 0 aliphatic heterocycles. The SMILES string of the molecule is CCC(NC(=O)CN(c1ccc(C)c(C)c1)S(C)(=O)=O)c1ccc(C)cc1C. The van der Waals surface area contributed by atoms with Crippen LogP contribution in [0.5, 0.6) is 0 Å². The van der Waals surface area contributed by atoms with Crippen LogP contribution in [0.15, 0.2) is 36.4 Å². The maximum Gasteiger partial charge on any atom is 0.241 e. The Kier molecular flexibility index (Phi) is 6.88. The standard InChI is InChI=1S/C22H30N2O3S/c1-7-21(20-11-8-15(2)12-18(20)5)23-22(25)14-24(28(6,26)27)19-10-9-16(3)17(4)13-19/h8-13,21H,7,14H2,1-6H3,(H,23,25). The first-order chi connectivity index (χ1) is 13.0. The number of hydrogen-bond donors (Lipinski definition) is 1. The molecule has 1 amide bonds. The Morgan fingerprint density at radius 2 is 1.68 bits per heavy atom. The summed E-state index contributed by atoms with van der Waals surface area (Å²) in [4.78, 5) is 12.7. The van der Waals surface area contributed by atoms with E-state index in [9.17, 15) is 13.2 Å². The number of hydrogen-bond acceptors (Lipinski definition) is 3. The summed E-state index contributed by atoms with van der Waals surface area (Å²) < 4.78 is 25.8. The third-order valence-corrected chi connectivity index (χ3v) is 6.15. The van der Waals surface area contributed by atoms with Gasteiger partial charge in [0.2, 0.25) is 15.9 Å². The number of amides is 1. The van der Waals surface area contributed by atoms with E-state index < -0.39 is 10.0 Å². The highest BCUT2D eigenvalue weighted by Gasteiger charge is 2.23. The zero-order valence-corrected chi connectivity index (χ0v) is 18.4. The summed E-state index contributed by atoms with van der Waals surface area (Å²) >= 11 is 0. The van der Waals surface area contributed by atoms with Crippen molar-refractivity contribution in [3.63, 3.8) is 0 Å². The van der Waals surface area contributed by atoms with E-state index in [-0.39, 0.29) is 18.5 Å². The summed E-state index contributed by atoms with van der Waals surface area (Å²) in [5, 5.41) is 3.00. The average molecular weight is 403 g/mol. The van der Waals surface area contributed by atoms with Crippen LogP contribution < -0.4 is 9.62 Å². The summed E-state index contributed by atoms with van der Waals surface area (Å²) in [6.45, 7) is 9.70.